The highest BCUT2D eigenvalue weighted by molar-refractivity contribution is 6.07. The molecule has 0 radical (unpaired) electrons. The molecule has 6 nitrogen and oxygen atoms in total. The second-order valence-corrected chi connectivity index (χ2v) is 7.07. The first-order valence-corrected chi connectivity index (χ1v) is 9.15. The Morgan fingerprint density at radius 3 is 2.59 bits per heavy atom. The number of anilines is 1. The van der Waals surface area contributed by atoms with Crippen LogP contribution >= 0.6 is 0 Å². The number of amides is 1. The van der Waals surface area contributed by atoms with Gasteiger partial charge in [-0.25, -0.2) is 8.78 Å². The van der Waals surface area contributed by atoms with Crippen LogP contribution in [0.15, 0.2) is 53.7 Å². The number of benzene rings is 2. The van der Waals surface area contributed by atoms with Crippen molar-refractivity contribution in [1.82, 2.24) is 0 Å². The van der Waals surface area contributed by atoms with E-state index in [4.69, 9.17) is 0 Å². The van der Waals surface area contributed by atoms with E-state index in [9.17, 15) is 28.5 Å². The molecule has 1 aliphatic heterocycles. The predicted octanol–water partition coefficient (Wildman–Crippen LogP) is 4.40. The lowest BCUT2D eigenvalue weighted by molar-refractivity contribution is -0.384. The quantitative estimate of drug-likeness (QED) is 0.567. The molecule has 1 heterocycles. The largest absolute Gasteiger partial charge is 0.294 e. The van der Waals surface area contributed by atoms with Crippen LogP contribution in [0.2, 0.25) is 0 Å². The summed E-state index contributed by atoms with van der Waals surface area (Å²) in [7, 11) is 0. The van der Waals surface area contributed by atoms with Crippen molar-refractivity contribution in [3.63, 3.8) is 0 Å². The van der Waals surface area contributed by atoms with Gasteiger partial charge in [-0.15, -0.1) is 0 Å². The molecule has 2 aromatic carbocycles. The lowest BCUT2D eigenvalue weighted by Gasteiger charge is -2.38. The molecule has 0 spiro atoms. The van der Waals surface area contributed by atoms with Gasteiger partial charge in [0.05, 0.1) is 10.6 Å². The standard InChI is InChI=1S/C21H16F2N2O4/c22-13-7-8-17(16(23)10-13)24-18-5-2-6-19(26)21(18)15(11-20(24)27)12-3-1-4-14(9-12)25(28)29/h1,3-4,7-10,15H,2,5-6,11H2. The van der Waals surface area contributed by atoms with Gasteiger partial charge in [-0.1, -0.05) is 12.1 Å². The monoisotopic (exact) mass is 398 g/mol. The summed E-state index contributed by atoms with van der Waals surface area (Å²) >= 11 is 0. The van der Waals surface area contributed by atoms with Gasteiger partial charge in [0.25, 0.3) is 5.69 Å². The molecule has 0 fully saturated rings. The Hall–Kier alpha value is -3.42. The van der Waals surface area contributed by atoms with E-state index in [2.05, 4.69) is 0 Å². The van der Waals surface area contributed by atoms with Crippen molar-refractivity contribution in [1.29, 1.82) is 0 Å². The van der Waals surface area contributed by atoms with E-state index in [1.54, 1.807) is 6.07 Å². The number of nitrogens with zero attached hydrogens (tertiary/aromatic N) is 2. The summed E-state index contributed by atoms with van der Waals surface area (Å²) in [5.41, 5.74) is 1.03. The van der Waals surface area contributed by atoms with Crippen molar-refractivity contribution in [3.05, 3.63) is 81.0 Å². The van der Waals surface area contributed by atoms with Gasteiger partial charge < -0.3 is 0 Å². The molecule has 0 saturated carbocycles. The zero-order valence-corrected chi connectivity index (χ0v) is 15.2. The maximum Gasteiger partial charge on any atom is 0.269 e. The lowest BCUT2D eigenvalue weighted by Crippen LogP contribution is -2.41. The Labute approximate surface area is 164 Å². The Bertz CT molecular complexity index is 1080. The van der Waals surface area contributed by atoms with Gasteiger partial charge in [-0.05, 0) is 30.5 Å². The number of hydrogen-bond acceptors (Lipinski definition) is 4. The average molecular weight is 398 g/mol. The number of nitro benzene ring substituents is 1. The minimum atomic E-state index is -0.892. The molecule has 1 aliphatic carbocycles. The van der Waals surface area contributed by atoms with E-state index in [0.717, 1.165) is 11.0 Å². The minimum absolute atomic E-state index is 0.101. The zero-order chi connectivity index (χ0) is 20.7. The SMILES string of the molecule is O=C1CCCC2=C1C(c1cccc([N+](=O)[O-])c1)CC(=O)N2c1ccc(F)cc1F. The average Bonchev–Trinajstić information content (AvgIpc) is 2.68. The fraction of sp³-hybridized carbons (Fsp3) is 0.238. The Kier molecular flexibility index (Phi) is 4.70. The van der Waals surface area contributed by atoms with Gasteiger partial charge in [-0.3, -0.25) is 24.6 Å². The number of rotatable bonds is 3. The molecule has 2 aromatic rings. The predicted molar refractivity (Wildman–Crippen MR) is 100 cm³/mol. The summed E-state index contributed by atoms with van der Waals surface area (Å²) in [5.74, 6) is -2.90. The highest BCUT2D eigenvalue weighted by atomic mass is 19.1. The van der Waals surface area contributed by atoms with Crippen molar-refractivity contribution < 1.29 is 23.3 Å². The third-order valence-corrected chi connectivity index (χ3v) is 5.31. The molecule has 0 aromatic heterocycles. The third kappa shape index (κ3) is 3.30. The first kappa shape index (κ1) is 18.9. The van der Waals surface area contributed by atoms with E-state index < -0.39 is 28.4 Å². The summed E-state index contributed by atoms with van der Waals surface area (Å²) in [6.07, 6.45) is 1.04. The molecule has 4 rings (SSSR count). The molecular weight excluding hydrogens is 382 g/mol. The maximum atomic E-state index is 14.4. The number of allylic oxidation sites excluding steroid dienone is 2. The number of carbonyl (C=O) groups excluding carboxylic acids is 2. The molecular formula is C21H16F2N2O4. The van der Waals surface area contributed by atoms with Crippen molar-refractivity contribution in [2.45, 2.75) is 31.6 Å². The van der Waals surface area contributed by atoms with Gasteiger partial charge in [0.2, 0.25) is 5.91 Å². The topological polar surface area (TPSA) is 80.5 Å². The van der Waals surface area contributed by atoms with E-state index >= 15 is 0 Å². The maximum absolute atomic E-state index is 14.4. The van der Waals surface area contributed by atoms with Gasteiger partial charge in [0.1, 0.15) is 11.6 Å². The van der Waals surface area contributed by atoms with Gasteiger partial charge in [0.15, 0.2) is 5.78 Å². The lowest BCUT2D eigenvalue weighted by atomic mass is 9.77. The highest BCUT2D eigenvalue weighted by Crippen LogP contribution is 2.44. The van der Waals surface area contributed by atoms with Crippen LogP contribution in [-0.4, -0.2) is 16.6 Å². The van der Waals surface area contributed by atoms with E-state index in [1.807, 2.05) is 0 Å². The second-order valence-electron chi connectivity index (χ2n) is 7.07. The normalized spacial score (nSPS) is 19.4. The number of carbonyl (C=O) groups is 2. The first-order valence-electron chi connectivity index (χ1n) is 9.15. The van der Waals surface area contributed by atoms with Gasteiger partial charge in [0, 0.05) is 48.2 Å². The van der Waals surface area contributed by atoms with Gasteiger partial charge >= 0.3 is 0 Å². The number of Topliss-reactive ketones (excluding diaryl/α,β-unsaturated/α-hetero) is 1. The minimum Gasteiger partial charge on any atom is -0.294 e. The van der Waals surface area contributed by atoms with Gasteiger partial charge in [-0.2, -0.15) is 0 Å². The summed E-state index contributed by atoms with van der Waals surface area (Å²) in [5, 5.41) is 11.1. The number of non-ortho nitro benzene ring substituents is 1. The first-order chi connectivity index (χ1) is 13.9. The van der Waals surface area contributed by atoms with E-state index in [1.165, 1.54) is 24.3 Å². The molecule has 1 amide bonds. The molecule has 0 saturated heterocycles. The van der Waals surface area contributed by atoms with Crippen LogP contribution in [0.5, 0.6) is 0 Å². The van der Waals surface area contributed by atoms with Crippen LogP contribution in [0.3, 0.4) is 0 Å². The third-order valence-electron chi connectivity index (χ3n) is 5.31. The molecule has 1 unspecified atom stereocenters. The fourth-order valence-corrected chi connectivity index (χ4v) is 4.07. The number of ketones is 1. The van der Waals surface area contributed by atoms with Crippen LogP contribution in [0.4, 0.5) is 20.2 Å². The molecule has 2 aliphatic rings. The Morgan fingerprint density at radius 1 is 1.07 bits per heavy atom. The fourth-order valence-electron chi connectivity index (χ4n) is 4.07. The highest BCUT2D eigenvalue weighted by Gasteiger charge is 2.40. The smallest absolute Gasteiger partial charge is 0.269 e. The Morgan fingerprint density at radius 2 is 1.86 bits per heavy atom. The molecule has 148 valence electrons. The van der Waals surface area contributed by atoms with Crippen LogP contribution < -0.4 is 4.90 Å². The Balaban J connectivity index is 1.87. The molecule has 0 N–H and O–H groups in total. The summed E-state index contributed by atoms with van der Waals surface area (Å²) in [4.78, 5) is 37.5. The molecule has 29 heavy (non-hydrogen) atoms. The summed E-state index contributed by atoms with van der Waals surface area (Å²) < 4.78 is 27.7. The van der Waals surface area contributed by atoms with Crippen LogP contribution in [0.1, 0.15) is 37.2 Å². The van der Waals surface area contributed by atoms with Crippen molar-refractivity contribution >= 4 is 23.1 Å². The number of halogens is 2. The van der Waals surface area contributed by atoms with Crippen molar-refractivity contribution in [3.8, 4) is 0 Å². The number of nitro groups is 1. The summed E-state index contributed by atoms with van der Waals surface area (Å²) in [6, 6.07) is 8.79. The second kappa shape index (κ2) is 7.20. The molecule has 8 heteroatoms. The van der Waals surface area contributed by atoms with E-state index in [0.29, 0.717) is 35.7 Å². The zero-order valence-electron chi connectivity index (χ0n) is 15.2. The van der Waals surface area contributed by atoms with E-state index in [-0.39, 0.29) is 30.0 Å². The van der Waals surface area contributed by atoms with Crippen molar-refractivity contribution in [2.75, 3.05) is 4.90 Å². The van der Waals surface area contributed by atoms with Crippen LogP contribution in [0.25, 0.3) is 0 Å². The molecule has 1 atom stereocenters. The van der Waals surface area contributed by atoms with Crippen LogP contribution in [0, 0.1) is 21.7 Å². The summed E-state index contributed by atoms with van der Waals surface area (Å²) in [6.45, 7) is 0. The van der Waals surface area contributed by atoms with Crippen molar-refractivity contribution in [2.24, 2.45) is 0 Å². The number of hydrogen-bond donors (Lipinski definition) is 0. The van der Waals surface area contributed by atoms with Crippen LogP contribution in [-0.2, 0) is 9.59 Å². The molecule has 0 bridgehead atoms.